The Labute approximate surface area is 90.0 Å². The molecule has 3 aliphatic heterocycles. The highest BCUT2D eigenvalue weighted by Gasteiger charge is 2.33. The lowest BCUT2D eigenvalue weighted by Gasteiger charge is -2.45. The Morgan fingerprint density at radius 2 is 2.33 bits per heavy atom. The Bertz CT molecular complexity index is 300. The number of rotatable bonds is 3. The van der Waals surface area contributed by atoms with Gasteiger partial charge < -0.3 is 10.2 Å². The van der Waals surface area contributed by atoms with Crippen molar-refractivity contribution in [1.29, 1.82) is 0 Å². The zero-order valence-corrected chi connectivity index (χ0v) is 8.95. The summed E-state index contributed by atoms with van der Waals surface area (Å²) in [5.41, 5.74) is 1.19. The van der Waals surface area contributed by atoms with E-state index >= 15 is 0 Å². The van der Waals surface area contributed by atoms with Gasteiger partial charge in [-0.25, -0.2) is 0 Å². The van der Waals surface area contributed by atoms with Crippen LogP contribution in [0.15, 0.2) is 12.3 Å². The van der Waals surface area contributed by atoms with Crippen LogP contribution in [0, 0.1) is 5.92 Å². The highest BCUT2D eigenvalue weighted by Crippen LogP contribution is 2.27. The van der Waals surface area contributed by atoms with Gasteiger partial charge in [-0.15, -0.1) is 0 Å². The molecule has 0 aliphatic carbocycles. The minimum Gasteiger partial charge on any atom is -0.307 e. The van der Waals surface area contributed by atoms with E-state index in [1.165, 1.54) is 38.2 Å². The Hall–Kier alpha value is -0.870. The van der Waals surface area contributed by atoms with Gasteiger partial charge >= 0.3 is 0 Å². The molecule has 4 nitrogen and oxygen atoms in total. The molecule has 0 spiro atoms. The molecular weight excluding hydrogens is 188 g/mol. The largest absolute Gasteiger partial charge is 0.307 e. The number of H-pyrrole nitrogens is 1. The van der Waals surface area contributed by atoms with E-state index in [4.69, 9.17) is 0 Å². The molecule has 15 heavy (non-hydrogen) atoms. The summed E-state index contributed by atoms with van der Waals surface area (Å²) in [7, 11) is 0. The Morgan fingerprint density at radius 3 is 2.93 bits per heavy atom. The molecule has 1 atom stereocenters. The number of hydrogen-bond donors (Lipinski definition) is 2. The summed E-state index contributed by atoms with van der Waals surface area (Å²) in [5, 5.41) is 10.6. The minimum atomic E-state index is 0.691. The number of piperidine rings is 3. The van der Waals surface area contributed by atoms with Crippen LogP contribution in [0.25, 0.3) is 0 Å². The van der Waals surface area contributed by atoms with Crippen LogP contribution in [0.1, 0.15) is 18.5 Å². The lowest BCUT2D eigenvalue weighted by molar-refractivity contribution is 0.0718. The summed E-state index contributed by atoms with van der Waals surface area (Å²) in [6.07, 6.45) is 4.56. The van der Waals surface area contributed by atoms with Crippen molar-refractivity contribution in [3.63, 3.8) is 0 Å². The maximum Gasteiger partial charge on any atom is 0.0490 e. The van der Waals surface area contributed by atoms with E-state index in [1.54, 1.807) is 0 Å². The summed E-state index contributed by atoms with van der Waals surface area (Å²) < 4.78 is 0. The first-order chi connectivity index (χ1) is 7.42. The molecular formula is C11H18N4. The van der Waals surface area contributed by atoms with Crippen molar-refractivity contribution >= 4 is 0 Å². The summed E-state index contributed by atoms with van der Waals surface area (Å²) >= 11 is 0. The predicted octanol–water partition coefficient (Wildman–Crippen LogP) is 0.593. The van der Waals surface area contributed by atoms with Crippen LogP contribution in [0.4, 0.5) is 0 Å². The Balaban J connectivity index is 1.55. The fourth-order valence-electron chi connectivity index (χ4n) is 2.82. The van der Waals surface area contributed by atoms with E-state index in [2.05, 4.69) is 20.4 Å². The van der Waals surface area contributed by atoms with Crippen molar-refractivity contribution in [3.05, 3.63) is 18.0 Å². The van der Waals surface area contributed by atoms with Crippen molar-refractivity contribution in [2.75, 3.05) is 19.6 Å². The molecule has 0 aromatic carbocycles. The van der Waals surface area contributed by atoms with Gasteiger partial charge in [-0.3, -0.25) is 5.10 Å². The maximum absolute atomic E-state index is 3.96. The van der Waals surface area contributed by atoms with E-state index in [0.29, 0.717) is 6.04 Å². The zero-order valence-electron chi connectivity index (χ0n) is 8.95. The van der Waals surface area contributed by atoms with Crippen molar-refractivity contribution in [1.82, 2.24) is 20.4 Å². The molecule has 1 aromatic heterocycles. The van der Waals surface area contributed by atoms with E-state index in [1.807, 2.05) is 12.3 Å². The van der Waals surface area contributed by atoms with Crippen LogP contribution in [0.5, 0.6) is 0 Å². The topological polar surface area (TPSA) is 44.0 Å². The van der Waals surface area contributed by atoms with E-state index < -0.39 is 0 Å². The number of nitrogens with one attached hydrogen (secondary N) is 2. The first kappa shape index (κ1) is 9.36. The normalized spacial score (nSPS) is 34.5. The molecule has 3 saturated heterocycles. The van der Waals surface area contributed by atoms with Crippen LogP contribution in [-0.2, 0) is 6.54 Å². The Kier molecular flexibility index (Phi) is 2.46. The molecule has 2 bridgehead atoms. The predicted molar refractivity (Wildman–Crippen MR) is 58.4 cm³/mol. The van der Waals surface area contributed by atoms with Crippen LogP contribution in [0.2, 0.25) is 0 Å². The Morgan fingerprint density at radius 1 is 1.47 bits per heavy atom. The number of nitrogens with zero attached hydrogens (tertiary/aromatic N) is 2. The van der Waals surface area contributed by atoms with Gasteiger partial charge in [0.2, 0.25) is 0 Å². The van der Waals surface area contributed by atoms with E-state index in [9.17, 15) is 0 Å². The monoisotopic (exact) mass is 206 g/mol. The third kappa shape index (κ3) is 1.92. The van der Waals surface area contributed by atoms with Gasteiger partial charge in [-0.2, -0.15) is 5.10 Å². The van der Waals surface area contributed by atoms with Crippen molar-refractivity contribution in [2.45, 2.75) is 25.4 Å². The molecule has 0 amide bonds. The average molecular weight is 206 g/mol. The van der Waals surface area contributed by atoms with Gasteiger partial charge in [-0.1, -0.05) is 0 Å². The first-order valence-corrected chi connectivity index (χ1v) is 5.86. The summed E-state index contributed by atoms with van der Waals surface area (Å²) in [6, 6.07) is 2.73. The van der Waals surface area contributed by atoms with Gasteiger partial charge in [0.1, 0.15) is 0 Å². The molecule has 0 radical (unpaired) electrons. The van der Waals surface area contributed by atoms with Gasteiger partial charge in [0.25, 0.3) is 0 Å². The second-order valence-corrected chi connectivity index (χ2v) is 4.71. The zero-order chi connectivity index (χ0) is 10.1. The third-order valence-corrected chi connectivity index (χ3v) is 3.77. The van der Waals surface area contributed by atoms with E-state index in [0.717, 1.165) is 12.5 Å². The molecule has 4 heterocycles. The molecule has 4 heteroatoms. The number of aromatic nitrogens is 2. The smallest absolute Gasteiger partial charge is 0.0490 e. The molecule has 4 rings (SSSR count). The number of aromatic amines is 1. The minimum absolute atomic E-state index is 0.691. The second kappa shape index (κ2) is 3.94. The molecule has 3 fully saturated rings. The van der Waals surface area contributed by atoms with Crippen LogP contribution in [0.3, 0.4) is 0 Å². The molecule has 3 aliphatic rings. The molecule has 2 N–H and O–H groups in total. The van der Waals surface area contributed by atoms with Crippen LogP contribution >= 0.6 is 0 Å². The van der Waals surface area contributed by atoms with Gasteiger partial charge in [0.15, 0.2) is 0 Å². The highest BCUT2D eigenvalue weighted by molar-refractivity contribution is 4.99. The molecule has 0 saturated carbocycles. The molecule has 1 aromatic rings. The summed E-state index contributed by atoms with van der Waals surface area (Å²) in [5.74, 6) is 0.901. The van der Waals surface area contributed by atoms with Gasteiger partial charge in [0, 0.05) is 31.0 Å². The van der Waals surface area contributed by atoms with Gasteiger partial charge in [0.05, 0.1) is 0 Å². The van der Waals surface area contributed by atoms with E-state index in [-0.39, 0.29) is 0 Å². The number of hydrogen-bond acceptors (Lipinski definition) is 3. The SMILES string of the molecule is c1cc(CNC2CN3CCC2CC3)[nH]n1. The first-order valence-electron chi connectivity index (χ1n) is 5.86. The standard InChI is InChI=1S/C11H18N4/c1-4-13-14-10(1)7-12-11-8-15-5-2-9(11)3-6-15/h1,4,9,11-12H,2-3,5-8H2,(H,13,14). The number of fused-ring (bicyclic) bond motifs is 3. The third-order valence-electron chi connectivity index (χ3n) is 3.77. The average Bonchev–Trinajstić information content (AvgIpc) is 2.81. The maximum atomic E-state index is 3.96. The molecule has 1 unspecified atom stereocenters. The summed E-state index contributed by atoms with van der Waals surface area (Å²) in [4.78, 5) is 2.57. The summed E-state index contributed by atoms with van der Waals surface area (Å²) in [6.45, 7) is 4.79. The van der Waals surface area contributed by atoms with Crippen LogP contribution in [-0.4, -0.2) is 40.8 Å². The van der Waals surface area contributed by atoms with Crippen molar-refractivity contribution in [2.24, 2.45) is 5.92 Å². The van der Waals surface area contributed by atoms with Crippen LogP contribution < -0.4 is 5.32 Å². The second-order valence-electron chi connectivity index (χ2n) is 4.71. The quantitative estimate of drug-likeness (QED) is 0.761. The van der Waals surface area contributed by atoms with Crippen molar-refractivity contribution in [3.8, 4) is 0 Å². The lowest BCUT2D eigenvalue weighted by atomic mass is 9.84. The van der Waals surface area contributed by atoms with Crippen molar-refractivity contribution < 1.29 is 0 Å². The van der Waals surface area contributed by atoms with Gasteiger partial charge in [-0.05, 0) is 37.9 Å². The fourth-order valence-corrected chi connectivity index (χ4v) is 2.82. The lowest BCUT2D eigenvalue weighted by Crippen LogP contribution is -2.55. The fraction of sp³-hybridized carbons (Fsp3) is 0.727. The highest BCUT2D eigenvalue weighted by atomic mass is 15.2. The molecule has 82 valence electrons.